The topological polar surface area (TPSA) is 76.6 Å². The van der Waals surface area contributed by atoms with E-state index < -0.39 is 9.05 Å². The number of methoxy groups -OCH3 is 1. The number of carbonyl (C=O) groups excluding carboxylic acids is 1. The molecule has 0 aliphatic carbocycles. The quantitative estimate of drug-likeness (QED) is 0.786. The highest BCUT2D eigenvalue weighted by atomic mass is 35.7. The van der Waals surface area contributed by atoms with Crippen LogP contribution in [0.2, 0.25) is 0 Å². The number of nitrogens with zero attached hydrogens (tertiary/aromatic N) is 2. The van der Waals surface area contributed by atoms with Crippen LogP contribution in [0.3, 0.4) is 0 Å². The molecular formula is C15H15ClN2O4S. The summed E-state index contributed by atoms with van der Waals surface area (Å²) in [6.45, 7) is 0.295. The zero-order valence-corrected chi connectivity index (χ0v) is 14.0. The minimum Gasteiger partial charge on any atom is -0.497 e. The van der Waals surface area contributed by atoms with Gasteiger partial charge in [-0.25, -0.2) is 8.42 Å². The van der Waals surface area contributed by atoms with Gasteiger partial charge in [-0.3, -0.25) is 9.78 Å². The van der Waals surface area contributed by atoms with Crippen LogP contribution in [-0.4, -0.2) is 38.7 Å². The number of hydrogen-bond acceptors (Lipinski definition) is 5. The fraction of sp³-hybridized carbons (Fsp3) is 0.333. The van der Waals surface area contributed by atoms with Gasteiger partial charge in [-0.2, -0.15) is 0 Å². The third-order valence-electron chi connectivity index (χ3n) is 3.82. The summed E-state index contributed by atoms with van der Waals surface area (Å²) >= 11 is 0. The smallest absolute Gasteiger partial charge is 0.232 e. The Labute approximate surface area is 138 Å². The van der Waals surface area contributed by atoms with Gasteiger partial charge in [0.1, 0.15) is 5.75 Å². The SMILES string of the molecule is COc1cc(N2CC(CS(=O)(=O)Cl)CC2=O)c2ncccc2c1. The van der Waals surface area contributed by atoms with Crippen molar-refractivity contribution in [3.63, 3.8) is 0 Å². The molecule has 8 heteroatoms. The fourth-order valence-corrected chi connectivity index (χ4v) is 4.20. The van der Waals surface area contributed by atoms with E-state index >= 15 is 0 Å². The molecule has 1 saturated heterocycles. The maximum absolute atomic E-state index is 12.3. The third kappa shape index (κ3) is 3.40. The van der Waals surface area contributed by atoms with E-state index in [9.17, 15) is 13.2 Å². The lowest BCUT2D eigenvalue weighted by Gasteiger charge is -2.19. The molecule has 1 amide bonds. The average molecular weight is 355 g/mol. The van der Waals surface area contributed by atoms with E-state index in [1.165, 1.54) is 0 Å². The molecule has 0 N–H and O–H groups in total. The van der Waals surface area contributed by atoms with Crippen LogP contribution >= 0.6 is 10.7 Å². The Morgan fingerprint density at radius 1 is 1.43 bits per heavy atom. The van der Waals surface area contributed by atoms with Crippen molar-refractivity contribution in [2.75, 3.05) is 24.3 Å². The molecule has 1 atom stereocenters. The van der Waals surface area contributed by atoms with Gasteiger partial charge in [-0.15, -0.1) is 0 Å². The Bertz CT molecular complexity index is 869. The predicted octanol–water partition coefficient (Wildman–Crippen LogP) is 2.16. The van der Waals surface area contributed by atoms with E-state index in [0.717, 1.165) is 5.39 Å². The number of carbonyl (C=O) groups is 1. The zero-order chi connectivity index (χ0) is 16.6. The molecule has 23 heavy (non-hydrogen) atoms. The van der Waals surface area contributed by atoms with Gasteiger partial charge >= 0.3 is 0 Å². The van der Waals surface area contributed by atoms with Crippen LogP contribution in [0.1, 0.15) is 6.42 Å². The van der Waals surface area contributed by atoms with Crippen molar-refractivity contribution in [1.82, 2.24) is 4.98 Å². The van der Waals surface area contributed by atoms with Crippen LogP contribution in [0.4, 0.5) is 5.69 Å². The Balaban J connectivity index is 2.01. The Morgan fingerprint density at radius 3 is 2.91 bits per heavy atom. The van der Waals surface area contributed by atoms with Gasteiger partial charge in [0.2, 0.25) is 15.0 Å². The van der Waals surface area contributed by atoms with Crippen LogP contribution in [-0.2, 0) is 13.8 Å². The molecule has 122 valence electrons. The molecule has 1 unspecified atom stereocenters. The van der Waals surface area contributed by atoms with E-state index in [-0.39, 0.29) is 24.0 Å². The first kappa shape index (κ1) is 16.0. The summed E-state index contributed by atoms with van der Waals surface area (Å²) in [4.78, 5) is 18.2. The van der Waals surface area contributed by atoms with Crippen molar-refractivity contribution in [3.05, 3.63) is 30.5 Å². The van der Waals surface area contributed by atoms with Crippen LogP contribution in [0.25, 0.3) is 10.9 Å². The largest absolute Gasteiger partial charge is 0.497 e. The maximum Gasteiger partial charge on any atom is 0.232 e. The highest BCUT2D eigenvalue weighted by Gasteiger charge is 2.34. The van der Waals surface area contributed by atoms with E-state index in [2.05, 4.69) is 4.98 Å². The van der Waals surface area contributed by atoms with E-state index in [1.807, 2.05) is 12.1 Å². The summed E-state index contributed by atoms with van der Waals surface area (Å²) in [7, 11) is 3.22. The van der Waals surface area contributed by atoms with Crippen LogP contribution in [0.5, 0.6) is 5.75 Å². The molecule has 1 aromatic heterocycles. The van der Waals surface area contributed by atoms with Gasteiger partial charge in [0.25, 0.3) is 0 Å². The van der Waals surface area contributed by atoms with Crippen LogP contribution in [0.15, 0.2) is 30.5 Å². The molecule has 0 spiro atoms. The Kier molecular flexibility index (Phi) is 4.16. The first-order chi connectivity index (χ1) is 10.9. The lowest BCUT2D eigenvalue weighted by atomic mass is 10.1. The van der Waals surface area contributed by atoms with Crippen molar-refractivity contribution in [2.24, 2.45) is 5.92 Å². The molecule has 2 aromatic rings. The summed E-state index contributed by atoms with van der Waals surface area (Å²) < 4.78 is 27.8. The highest BCUT2D eigenvalue weighted by Crippen LogP contribution is 2.34. The van der Waals surface area contributed by atoms with E-state index in [4.69, 9.17) is 15.4 Å². The summed E-state index contributed by atoms with van der Waals surface area (Å²) in [5.74, 6) is -0.0706. The summed E-state index contributed by atoms with van der Waals surface area (Å²) in [5, 5.41) is 0.850. The molecule has 1 aliphatic rings. The fourth-order valence-electron chi connectivity index (χ4n) is 2.88. The summed E-state index contributed by atoms with van der Waals surface area (Å²) in [6, 6.07) is 7.27. The second-order valence-corrected chi connectivity index (χ2v) is 8.32. The Morgan fingerprint density at radius 2 is 2.22 bits per heavy atom. The second kappa shape index (κ2) is 5.98. The molecule has 3 rings (SSSR count). The van der Waals surface area contributed by atoms with E-state index in [1.54, 1.807) is 30.3 Å². The minimum absolute atomic E-state index is 0.143. The average Bonchev–Trinajstić information content (AvgIpc) is 2.84. The van der Waals surface area contributed by atoms with Gasteiger partial charge < -0.3 is 9.64 Å². The number of halogens is 1. The number of hydrogen-bond donors (Lipinski definition) is 0. The minimum atomic E-state index is -3.64. The van der Waals surface area contributed by atoms with Gasteiger partial charge in [0.15, 0.2) is 0 Å². The number of amides is 1. The molecule has 2 heterocycles. The number of benzene rings is 1. The zero-order valence-electron chi connectivity index (χ0n) is 12.4. The van der Waals surface area contributed by atoms with Crippen molar-refractivity contribution in [2.45, 2.75) is 6.42 Å². The number of rotatable bonds is 4. The maximum atomic E-state index is 12.3. The molecule has 1 aliphatic heterocycles. The number of anilines is 1. The second-order valence-electron chi connectivity index (χ2n) is 5.50. The van der Waals surface area contributed by atoms with Gasteiger partial charge in [-0.1, -0.05) is 6.07 Å². The highest BCUT2D eigenvalue weighted by molar-refractivity contribution is 8.13. The molecule has 0 saturated carbocycles. The number of pyridine rings is 1. The van der Waals surface area contributed by atoms with Crippen molar-refractivity contribution in [3.8, 4) is 5.75 Å². The number of fused-ring (bicyclic) bond motifs is 1. The molecule has 6 nitrogen and oxygen atoms in total. The number of ether oxygens (including phenoxy) is 1. The molecule has 0 bridgehead atoms. The molecule has 0 radical (unpaired) electrons. The lowest BCUT2D eigenvalue weighted by Crippen LogP contribution is -2.25. The predicted molar refractivity (Wildman–Crippen MR) is 88.4 cm³/mol. The van der Waals surface area contributed by atoms with Crippen LogP contribution < -0.4 is 9.64 Å². The lowest BCUT2D eigenvalue weighted by molar-refractivity contribution is -0.117. The first-order valence-electron chi connectivity index (χ1n) is 7.03. The van der Waals surface area contributed by atoms with Crippen molar-refractivity contribution < 1.29 is 17.9 Å². The Hall–Kier alpha value is -1.86. The summed E-state index contributed by atoms with van der Waals surface area (Å²) in [5.41, 5.74) is 1.30. The van der Waals surface area contributed by atoms with Crippen LogP contribution in [0, 0.1) is 5.92 Å². The molecule has 1 fully saturated rings. The van der Waals surface area contributed by atoms with Gasteiger partial charge in [-0.05, 0) is 12.1 Å². The first-order valence-corrected chi connectivity index (χ1v) is 9.50. The third-order valence-corrected chi connectivity index (χ3v) is 5.07. The van der Waals surface area contributed by atoms with E-state index in [0.29, 0.717) is 23.5 Å². The van der Waals surface area contributed by atoms with Crippen molar-refractivity contribution >= 4 is 42.2 Å². The normalized spacial score (nSPS) is 18.6. The van der Waals surface area contributed by atoms with Crippen molar-refractivity contribution in [1.29, 1.82) is 0 Å². The number of aromatic nitrogens is 1. The monoisotopic (exact) mass is 354 g/mol. The van der Waals surface area contributed by atoms with Gasteiger partial charge in [0.05, 0.1) is 24.1 Å². The van der Waals surface area contributed by atoms with Gasteiger partial charge in [0, 0.05) is 47.2 Å². The summed E-state index contributed by atoms with van der Waals surface area (Å²) in [6.07, 6.45) is 1.80. The standard InChI is InChI=1S/C15H15ClN2O4S/c1-22-12-6-11-3-2-4-17-15(11)13(7-12)18-8-10(5-14(18)19)9-23(16,20)21/h2-4,6-7,10H,5,8-9H2,1H3. The molecular weight excluding hydrogens is 340 g/mol. The molecule has 1 aromatic carbocycles.